The van der Waals surface area contributed by atoms with Gasteiger partial charge in [-0.3, -0.25) is 9.59 Å². The van der Waals surface area contributed by atoms with Crippen molar-refractivity contribution < 1.29 is 24.2 Å². The van der Waals surface area contributed by atoms with E-state index in [0.717, 1.165) is 24.8 Å². The minimum absolute atomic E-state index is 0.148. The zero-order valence-electron chi connectivity index (χ0n) is 14.8. The van der Waals surface area contributed by atoms with Gasteiger partial charge in [-0.15, -0.1) is 0 Å². The van der Waals surface area contributed by atoms with Crippen LogP contribution in [0.1, 0.15) is 37.8 Å². The standard InChI is InChI=1S/C19H25NO5/c1-10(11-6-7-14(24-2)15(9-11)25-3)20-18(21)16-12-4-5-13(8-12)17(16)19(22)23/h6-7,9-10,12-13,16-17H,4-5,8H2,1-3H3,(H,20,21)(H,22,23)/t10-,12-,13-,16+,17+/m0/s1. The highest BCUT2D eigenvalue weighted by molar-refractivity contribution is 5.86. The van der Waals surface area contributed by atoms with Gasteiger partial charge in [0.25, 0.3) is 0 Å². The summed E-state index contributed by atoms with van der Waals surface area (Å²) in [5, 5.41) is 12.5. The van der Waals surface area contributed by atoms with Crippen LogP contribution in [0.5, 0.6) is 11.5 Å². The molecule has 1 aromatic rings. The normalized spacial score (nSPS) is 28.4. The van der Waals surface area contributed by atoms with Crippen LogP contribution < -0.4 is 14.8 Å². The number of ether oxygens (including phenoxy) is 2. The number of carboxylic acids is 1. The van der Waals surface area contributed by atoms with Gasteiger partial charge in [0.1, 0.15) is 0 Å². The molecule has 0 spiro atoms. The Morgan fingerprint density at radius 2 is 1.76 bits per heavy atom. The first kappa shape index (κ1) is 17.6. The second-order valence-electron chi connectivity index (χ2n) is 7.07. The van der Waals surface area contributed by atoms with Crippen LogP contribution >= 0.6 is 0 Å². The number of hydrogen-bond acceptors (Lipinski definition) is 4. The summed E-state index contributed by atoms with van der Waals surface area (Å²) in [6.45, 7) is 1.89. The summed E-state index contributed by atoms with van der Waals surface area (Å²) in [5.74, 6) is -0.380. The number of hydrogen-bond donors (Lipinski definition) is 2. The Bertz CT molecular complexity index is 674. The van der Waals surface area contributed by atoms with Crippen molar-refractivity contribution in [3.63, 3.8) is 0 Å². The molecule has 5 atom stereocenters. The van der Waals surface area contributed by atoms with Gasteiger partial charge in [-0.05, 0) is 55.7 Å². The van der Waals surface area contributed by atoms with E-state index in [9.17, 15) is 14.7 Å². The summed E-state index contributed by atoms with van der Waals surface area (Å²) in [5.41, 5.74) is 0.890. The minimum Gasteiger partial charge on any atom is -0.493 e. The zero-order valence-corrected chi connectivity index (χ0v) is 14.8. The fraction of sp³-hybridized carbons (Fsp3) is 0.579. The van der Waals surface area contributed by atoms with Crippen molar-refractivity contribution in [1.29, 1.82) is 0 Å². The quantitative estimate of drug-likeness (QED) is 0.826. The van der Waals surface area contributed by atoms with Crippen LogP contribution in [0.4, 0.5) is 0 Å². The van der Waals surface area contributed by atoms with Gasteiger partial charge in [-0.2, -0.15) is 0 Å². The first-order chi connectivity index (χ1) is 12.0. The van der Waals surface area contributed by atoms with Crippen LogP contribution in [0.3, 0.4) is 0 Å². The van der Waals surface area contributed by atoms with E-state index in [1.807, 2.05) is 19.1 Å². The van der Waals surface area contributed by atoms with E-state index in [1.54, 1.807) is 20.3 Å². The second-order valence-corrected chi connectivity index (χ2v) is 7.07. The second kappa shape index (κ2) is 6.94. The molecular weight excluding hydrogens is 322 g/mol. The number of carbonyl (C=O) groups is 2. The summed E-state index contributed by atoms with van der Waals surface area (Å²) in [6.07, 6.45) is 2.74. The highest BCUT2D eigenvalue weighted by atomic mass is 16.5. The van der Waals surface area contributed by atoms with E-state index < -0.39 is 17.8 Å². The van der Waals surface area contributed by atoms with Gasteiger partial charge in [0.2, 0.25) is 5.91 Å². The third-order valence-electron chi connectivity index (χ3n) is 5.77. The first-order valence-electron chi connectivity index (χ1n) is 8.71. The van der Waals surface area contributed by atoms with Gasteiger partial charge in [-0.25, -0.2) is 0 Å². The van der Waals surface area contributed by atoms with Crippen molar-refractivity contribution in [2.24, 2.45) is 23.7 Å². The number of nitrogens with one attached hydrogen (secondary N) is 1. The van der Waals surface area contributed by atoms with Crippen molar-refractivity contribution in [3.8, 4) is 11.5 Å². The highest BCUT2D eigenvalue weighted by Crippen LogP contribution is 2.52. The number of carboxylic acid groups (broad SMARTS) is 1. The monoisotopic (exact) mass is 347 g/mol. The maximum atomic E-state index is 12.8. The zero-order chi connectivity index (χ0) is 18.1. The maximum Gasteiger partial charge on any atom is 0.307 e. The molecule has 3 rings (SSSR count). The van der Waals surface area contributed by atoms with Crippen LogP contribution in [0.25, 0.3) is 0 Å². The number of methoxy groups -OCH3 is 2. The minimum atomic E-state index is -0.842. The molecule has 0 radical (unpaired) electrons. The molecule has 1 amide bonds. The lowest BCUT2D eigenvalue weighted by molar-refractivity contribution is -0.149. The van der Waals surface area contributed by atoms with E-state index in [1.165, 1.54) is 0 Å². The average molecular weight is 347 g/mol. The van der Waals surface area contributed by atoms with Crippen molar-refractivity contribution in [2.45, 2.75) is 32.2 Å². The molecular formula is C19H25NO5. The molecule has 2 bridgehead atoms. The molecule has 2 fully saturated rings. The van der Waals surface area contributed by atoms with Gasteiger partial charge in [0, 0.05) is 0 Å². The third kappa shape index (κ3) is 3.17. The third-order valence-corrected chi connectivity index (χ3v) is 5.77. The number of fused-ring (bicyclic) bond motifs is 2. The molecule has 0 heterocycles. The Hall–Kier alpha value is -2.24. The number of rotatable bonds is 6. The molecule has 2 saturated carbocycles. The topological polar surface area (TPSA) is 84.9 Å². The van der Waals surface area contributed by atoms with Crippen LogP contribution in [0, 0.1) is 23.7 Å². The van der Waals surface area contributed by atoms with Gasteiger partial charge in [-0.1, -0.05) is 6.07 Å². The van der Waals surface area contributed by atoms with Gasteiger partial charge in [0.05, 0.1) is 32.1 Å². The summed E-state index contributed by atoms with van der Waals surface area (Å²) >= 11 is 0. The van der Waals surface area contributed by atoms with Crippen molar-refractivity contribution in [1.82, 2.24) is 5.32 Å². The van der Waals surface area contributed by atoms with E-state index in [4.69, 9.17) is 9.47 Å². The molecule has 2 N–H and O–H groups in total. The Morgan fingerprint density at radius 1 is 1.12 bits per heavy atom. The van der Waals surface area contributed by atoms with Gasteiger partial charge in [0.15, 0.2) is 11.5 Å². The number of amides is 1. The fourth-order valence-electron chi connectivity index (χ4n) is 4.54. The van der Waals surface area contributed by atoms with Crippen LogP contribution in [-0.2, 0) is 9.59 Å². The molecule has 2 aliphatic carbocycles. The SMILES string of the molecule is COc1ccc([C@H](C)NC(=O)[C@@H]2[C@H]3CC[C@@H](C3)[C@H]2C(=O)O)cc1OC. The Balaban J connectivity index is 1.73. The molecule has 0 aromatic heterocycles. The molecule has 6 heteroatoms. The predicted octanol–water partition coefficient (Wildman–Crippen LogP) is 2.63. The van der Waals surface area contributed by atoms with Gasteiger partial charge < -0.3 is 19.9 Å². The first-order valence-corrected chi connectivity index (χ1v) is 8.71. The Morgan fingerprint density at radius 3 is 2.36 bits per heavy atom. The number of benzene rings is 1. The number of aliphatic carboxylic acids is 1. The summed E-state index contributed by atoms with van der Waals surface area (Å²) in [7, 11) is 3.14. The molecule has 2 aliphatic rings. The van der Waals surface area contributed by atoms with Gasteiger partial charge >= 0.3 is 5.97 Å². The molecule has 25 heavy (non-hydrogen) atoms. The van der Waals surface area contributed by atoms with Crippen molar-refractivity contribution in [2.75, 3.05) is 14.2 Å². The predicted molar refractivity (Wildman–Crippen MR) is 91.6 cm³/mol. The molecule has 6 nitrogen and oxygen atoms in total. The molecule has 0 aliphatic heterocycles. The molecule has 136 valence electrons. The molecule has 1 aromatic carbocycles. The number of carbonyl (C=O) groups excluding carboxylic acids is 1. The van der Waals surface area contributed by atoms with Crippen LogP contribution in [-0.4, -0.2) is 31.2 Å². The smallest absolute Gasteiger partial charge is 0.307 e. The molecule has 0 saturated heterocycles. The van der Waals surface area contributed by atoms with E-state index >= 15 is 0 Å². The lowest BCUT2D eigenvalue weighted by Gasteiger charge is -2.28. The lowest BCUT2D eigenvalue weighted by Crippen LogP contribution is -2.42. The summed E-state index contributed by atoms with van der Waals surface area (Å²) in [4.78, 5) is 24.4. The lowest BCUT2D eigenvalue weighted by atomic mass is 9.78. The molecule has 0 unspecified atom stereocenters. The van der Waals surface area contributed by atoms with E-state index in [0.29, 0.717) is 11.5 Å². The Kier molecular flexibility index (Phi) is 4.88. The largest absolute Gasteiger partial charge is 0.493 e. The van der Waals surface area contributed by atoms with Crippen molar-refractivity contribution >= 4 is 11.9 Å². The van der Waals surface area contributed by atoms with Crippen LogP contribution in [0.15, 0.2) is 18.2 Å². The maximum absolute atomic E-state index is 12.8. The van der Waals surface area contributed by atoms with Crippen molar-refractivity contribution in [3.05, 3.63) is 23.8 Å². The average Bonchev–Trinajstić information content (AvgIpc) is 3.22. The van der Waals surface area contributed by atoms with Crippen LogP contribution in [0.2, 0.25) is 0 Å². The summed E-state index contributed by atoms with van der Waals surface area (Å²) in [6, 6.07) is 5.27. The fourth-order valence-corrected chi connectivity index (χ4v) is 4.54. The van der Waals surface area contributed by atoms with E-state index in [2.05, 4.69) is 5.32 Å². The summed E-state index contributed by atoms with van der Waals surface area (Å²) < 4.78 is 10.5. The van der Waals surface area contributed by atoms with E-state index in [-0.39, 0.29) is 23.8 Å². The highest BCUT2D eigenvalue weighted by Gasteiger charge is 2.54. The Labute approximate surface area is 147 Å².